The molecule has 17 heavy (non-hydrogen) atoms. The predicted octanol–water partition coefficient (Wildman–Crippen LogP) is 2.31. The van der Waals surface area contributed by atoms with Crippen molar-refractivity contribution in [3.05, 3.63) is 35.4 Å². The Morgan fingerprint density at radius 3 is 2.65 bits per heavy atom. The Morgan fingerprint density at radius 1 is 1.35 bits per heavy atom. The van der Waals surface area contributed by atoms with Gasteiger partial charge in [0.25, 0.3) is 0 Å². The van der Waals surface area contributed by atoms with Crippen LogP contribution in [0.15, 0.2) is 18.2 Å². The average molecular weight is 241 g/mol. The van der Waals surface area contributed by atoms with Crippen LogP contribution in [0, 0.1) is 11.6 Å². The van der Waals surface area contributed by atoms with E-state index in [1.807, 2.05) is 11.8 Å². The number of rotatable bonds is 4. The summed E-state index contributed by atoms with van der Waals surface area (Å²) in [6.07, 6.45) is 1.71. The summed E-state index contributed by atoms with van der Waals surface area (Å²) in [6, 6.07) is 3.62. The molecule has 0 amide bonds. The highest BCUT2D eigenvalue weighted by Crippen LogP contribution is 2.27. The van der Waals surface area contributed by atoms with E-state index in [1.165, 1.54) is 12.1 Å². The van der Waals surface area contributed by atoms with Gasteiger partial charge in [0.15, 0.2) is 0 Å². The lowest BCUT2D eigenvalue weighted by Crippen LogP contribution is -2.61. The summed E-state index contributed by atoms with van der Waals surface area (Å²) in [5.74, 6) is -1.08. The van der Waals surface area contributed by atoms with Crippen molar-refractivity contribution in [3.8, 4) is 0 Å². The first-order valence-corrected chi connectivity index (χ1v) is 5.91. The highest BCUT2D eigenvalue weighted by Gasteiger charge is 2.39. The highest BCUT2D eigenvalue weighted by molar-refractivity contribution is 5.19. The van der Waals surface area contributed by atoms with Crippen LogP contribution in [0.25, 0.3) is 0 Å². The SMILES string of the molecule is CCCC1(O)CN(Cc2ccc(F)cc2F)C1. The third-order valence-corrected chi connectivity index (χ3v) is 3.16. The summed E-state index contributed by atoms with van der Waals surface area (Å²) in [4.78, 5) is 1.96. The van der Waals surface area contributed by atoms with Crippen LogP contribution >= 0.6 is 0 Å². The number of hydrogen-bond donors (Lipinski definition) is 1. The topological polar surface area (TPSA) is 23.5 Å². The molecule has 0 unspecified atom stereocenters. The van der Waals surface area contributed by atoms with Gasteiger partial charge in [-0.2, -0.15) is 0 Å². The number of aliphatic hydroxyl groups is 1. The molecule has 1 aliphatic rings. The van der Waals surface area contributed by atoms with Crippen LogP contribution in [0.1, 0.15) is 25.3 Å². The van der Waals surface area contributed by atoms with Crippen LogP contribution in [0.3, 0.4) is 0 Å². The second kappa shape index (κ2) is 4.70. The molecule has 0 aliphatic carbocycles. The maximum absolute atomic E-state index is 13.4. The molecule has 0 aromatic heterocycles. The first-order chi connectivity index (χ1) is 8.02. The highest BCUT2D eigenvalue weighted by atomic mass is 19.1. The molecule has 0 saturated carbocycles. The lowest BCUT2D eigenvalue weighted by atomic mass is 9.89. The fourth-order valence-electron chi connectivity index (χ4n) is 2.41. The van der Waals surface area contributed by atoms with Gasteiger partial charge in [0.2, 0.25) is 0 Å². The van der Waals surface area contributed by atoms with Crippen molar-refractivity contribution in [2.45, 2.75) is 31.9 Å². The normalized spacial score (nSPS) is 19.1. The molecule has 1 aromatic rings. The number of likely N-dealkylation sites (tertiary alicyclic amines) is 1. The Kier molecular flexibility index (Phi) is 3.45. The van der Waals surface area contributed by atoms with Crippen molar-refractivity contribution < 1.29 is 13.9 Å². The first kappa shape index (κ1) is 12.5. The molecule has 0 spiro atoms. The monoisotopic (exact) mass is 241 g/mol. The van der Waals surface area contributed by atoms with Crippen LogP contribution in [-0.4, -0.2) is 28.7 Å². The van der Waals surface area contributed by atoms with Gasteiger partial charge in [-0.05, 0) is 12.5 Å². The molecule has 0 atom stereocenters. The van der Waals surface area contributed by atoms with Crippen LogP contribution in [0.5, 0.6) is 0 Å². The van der Waals surface area contributed by atoms with E-state index in [1.54, 1.807) is 0 Å². The minimum atomic E-state index is -0.606. The molecule has 94 valence electrons. The summed E-state index contributed by atoms with van der Waals surface area (Å²) in [5.41, 5.74) is -0.129. The van der Waals surface area contributed by atoms with E-state index in [0.29, 0.717) is 25.2 Å². The second-order valence-corrected chi connectivity index (χ2v) is 4.86. The molecule has 0 radical (unpaired) electrons. The Balaban J connectivity index is 1.91. The lowest BCUT2D eigenvalue weighted by Gasteiger charge is -2.46. The maximum Gasteiger partial charge on any atom is 0.130 e. The Bertz CT molecular complexity index is 402. The van der Waals surface area contributed by atoms with Gasteiger partial charge < -0.3 is 5.11 Å². The molecular formula is C13H17F2NO. The van der Waals surface area contributed by atoms with Crippen molar-refractivity contribution in [2.75, 3.05) is 13.1 Å². The number of halogens is 2. The third kappa shape index (κ3) is 2.82. The van der Waals surface area contributed by atoms with E-state index in [9.17, 15) is 13.9 Å². The minimum Gasteiger partial charge on any atom is -0.387 e. The molecule has 1 saturated heterocycles. The van der Waals surface area contributed by atoms with Gasteiger partial charge in [-0.3, -0.25) is 4.90 Å². The van der Waals surface area contributed by atoms with E-state index in [4.69, 9.17) is 0 Å². The predicted molar refractivity (Wildman–Crippen MR) is 61.5 cm³/mol. The molecule has 1 heterocycles. The summed E-state index contributed by atoms with van der Waals surface area (Å²) in [5, 5.41) is 9.98. The van der Waals surface area contributed by atoms with Crippen LogP contribution < -0.4 is 0 Å². The van der Waals surface area contributed by atoms with Crippen molar-refractivity contribution in [2.24, 2.45) is 0 Å². The average Bonchev–Trinajstić information content (AvgIpc) is 2.20. The Labute approximate surface area is 99.9 Å². The van der Waals surface area contributed by atoms with E-state index in [0.717, 1.165) is 18.9 Å². The van der Waals surface area contributed by atoms with Gasteiger partial charge in [-0.1, -0.05) is 19.4 Å². The van der Waals surface area contributed by atoms with Gasteiger partial charge in [0, 0.05) is 31.3 Å². The smallest absolute Gasteiger partial charge is 0.130 e. The van der Waals surface area contributed by atoms with Crippen molar-refractivity contribution >= 4 is 0 Å². The molecule has 0 bridgehead atoms. The van der Waals surface area contributed by atoms with Gasteiger partial charge >= 0.3 is 0 Å². The fraction of sp³-hybridized carbons (Fsp3) is 0.538. The number of benzene rings is 1. The van der Waals surface area contributed by atoms with Crippen LogP contribution in [0.4, 0.5) is 8.78 Å². The molecule has 1 aliphatic heterocycles. The summed E-state index contributed by atoms with van der Waals surface area (Å²) < 4.78 is 26.1. The van der Waals surface area contributed by atoms with Gasteiger partial charge in [-0.25, -0.2) is 8.78 Å². The van der Waals surface area contributed by atoms with Crippen molar-refractivity contribution in [1.29, 1.82) is 0 Å². The largest absolute Gasteiger partial charge is 0.387 e. The first-order valence-electron chi connectivity index (χ1n) is 5.91. The summed E-state index contributed by atoms with van der Waals surface area (Å²) in [6.45, 7) is 3.59. The van der Waals surface area contributed by atoms with Crippen molar-refractivity contribution in [3.63, 3.8) is 0 Å². The lowest BCUT2D eigenvalue weighted by molar-refractivity contribution is -0.107. The zero-order valence-electron chi connectivity index (χ0n) is 9.92. The summed E-state index contributed by atoms with van der Waals surface area (Å²) in [7, 11) is 0. The molecule has 2 nitrogen and oxygen atoms in total. The van der Waals surface area contributed by atoms with E-state index in [-0.39, 0.29) is 0 Å². The zero-order valence-corrected chi connectivity index (χ0v) is 9.92. The number of nitrogens with zero attached hydrogens (tertiary/aromatic N) is 1. The zero-order chi connectivity index (χ0) is 12.5. The number of hydrogen-bond acceptors (Lipinski definition) is 2. The minimum absolute atomic E-state index is 0.429. The quantitative estimate of drug-likeness (QED) is 0.874. The molecule has 4 heteroatoms. The Morgan fingerprint density at radius 2 is 2.06 bits per heavy atom. The molecular weight excluding hydrogens is 224 g/mol. The van der Waals surface area contributed by atoms with Crippen molar-refractivity contribution in [1.82, 2.24) is 4.90 Å². The maximum atomic E-state index is 13.4. The molecule has 2 rings (SSSR count). The van der Waals surface area contributed by atoms with E-state index < -0.39 is 17.2 Å². The van der Waals surface area contributed by atoms with Crippen LogP contribution in [-0.2, 0) is 6.54 Å². The fourth-order valence-corrected chi connectivity index (χ4v) is 2.41. The Hall–Kier alpha value is -1.00. The van der Waals surface area contributed by atoms with E-state index >= 15 is 0 Å². The van der Waals surface area contributed by atoms with Gasteiger partial charge in [-0.15, -0.1) is 0 Å². The van der Waals surface area contributed by atoms with E-state index in [2.05, 4.69) is 0 Å². The van der Waals surface area contributed by atoms with Crippen LogP contribution in [0.2, 0.25) is 0 Å². The van der Waals surface area contributed by atoms with Gasteiger partial charge in [0.05, 0.1) is 5.60 Å². The number of β-amino-alcohol motifs (C(OH)–C–C–N with tert-alkyl or cyclic N) is 1. The standard InChI is InChI=1S/C13H17F2NO/c1-2-5-13(17)8-16(9-13)7-10-3-4-11(14)6-12(10)15/h3-4,6,17H,2,5,7-9H2,1H3. The third-order valence-electron chi connectivity index (χ3n) is 3.16. The molecule has 1 aromatic carbocycles. The van der Waals surface area contributed by atoms with Gasteiger partial charge in [0.1, 0.15) is 11.6 Å². The summed E-state index contributed by atoms with van der Waals surface area (Å²) >= 11 is 0. The second-order valence-electron chi connectivity index (χ2n) is 4.86. The molecule has 1 fully saturated rings. The molecule has 1 N–H and O–H groups in total.